The Bertz CT molecular complexity index is 482. The Morgan fingerprint density at radius 1 is 1.27 bits per heavy atom. The molecular weight excluding hydrogens is 385 g/mol. The van der Waals surface area contributed by atoms with E-state index in [0.717, 1.165) is 32.2 Å². The molecule has 0 aromatic heterocycles. The van der Waals surface area contributed by atoms with Crippen LogP contribution in [0, 0.1) is 0 Å². The molecule has 1 atom stereocenters. The third-order valence-electron chi connectivity index (χ3n) is 3.68. The molecule has 2 rings (SSSR count). The van der Waals surface area contributed by atoms with Crippen molar-refractivity contribution in [3.63, 3.8) is 0 Å². The first-order chi connectivity index (χ1) is 9.93. The molecule has 8 heteroatoms. The molecule has 126 valence electrons. The molecule has 0 amide bonds. The second-order valence-electron chi connectivity index (χ2n) is 5.05. The quantitative estimate of drug-likeness (QED) is 0.810. The number of benzene rings is 1. The summed E-state index contributed by atoms with van der Waals surface area (Å²) >= 11 is 3.34. The lowest BCUT2D eigenvalue weighted by Gasteiger charge is -2.35. The number of hydrogen-bond donors (Lipinski definition) is 2. The number of halogens is 5. The lowest BCUT2D eigenvalue weighted by Crippen LogP contribution is -2.45. The number of nitrogens with one attached hydrogen (secondary N) is 1. The third kappa shape index (κ3) is 4.83. The molecule has 0 bridgehead atoms. The molecule has 1 saturated heterocycles. The summed E-state index contributed by atoms with van der Waals surface area (Å²) in [6.07, 6.45) is -3.94. The van der Waals surface area contributed by atoms with Gasteiger partial charge in [-0.1, -0.05) is 15.9 Å². The van der Waals surface area contributed by atoms with E-state index in [9.17, 15) is 18.3 Å². The average Bonchev–Trinajstić information content (AvgIpc) is 2.45. The average molecular weight is 404 g/mol. The van der Waals surface area contributed by atoms with Crippen LogP contribution in [0.15, 0.2) is 22.7 Å². The Morgan fingerprint density at radius 3 is 2.45 bits per heavy atom. The summed E-state index contributed by atoms with van der Waals surface area (Å²) in [5.74, 6) is 0. The molecule has 1 aromatic rings. The van der Waals surface area contributed by atoms with Crippen molar-refractivity contribution in [1.29, 1.82) is 0 Å². The summed E-state index contributed by atoms with van der Waals surface area (Å²) < 4.78 is 39.4. The Hall–Kier alpha value is -0.340. The molecule has 1 aliphatic heterocycles. The van der Waals surface area contributed by atoms with Gasteiger partial charge in [-0.3, -0.25) is 4.90 Å². The standard InChI is InChI=1S/C14H18BrF3N2O.ClH/c15-12-2-1-10(14(16,17)18)9-11(12)13(3-8-21)20-6-4-19-5-7-20;/h1-2,9,13,19,21H,3-8H2;1H/t13-;/m1./s1. The largest absolute Gasteiger partial charge is 0.416 e. The lowest BCUT2D eigenvalue weighted by atomic mass is 9.99. The smallest absolute Gasteiger partial charge is 0.396 e. The van der Waals surface area contributed by atoms with Crippen LogP contribution >= 0.6 is 28.3 Å². The fourth-order valence-electron chi connectivity index (χ4n) is 2.63. The maximum Gasteiger partial charge on any atom is 0.416 e. The van der Waals surface area contributed by atoms with E-state index in [2.05, 4.69) is 26.1 Å². The van der Waals surface area contributed by atoms with E-state index in [-0.39, 0.29) is 25.1 Å². The highest BCUT2D eigenvalue weighted by molar-refractivity contribution is 9.10. The second kappa shape index (κ2) is 8.49. The third-order valence-corrected chi connectivity index (χ3v) is 4.40. The van der Waals surface area contributed by atoms with Gasteiger partial charge in [-0.2, -0.15) is 13.2 Å². The zero-order valence-corrected chi connectivity index (χ0v) is 14.3. The molecule has 1 aromatic carbocycles. The molecule has 22 heavy (non-hydrogen) atoms. The number of alkyl halides is 3. The molecule has 0 radical (unpaired) electrons. The van der Waals surface area contributed by atoms with E-state index in [0.29, 0.717) is 16.5 Å². The molecule has 1 fully saturated rings. The molecule has 3 nitrogen and oxygen atoms in total. The number of nitrogens with zero attached hydrogens (tertiary/aromatic N) is 1. The molecule has 0 unspecified atom stereocenters. The van der Waals surface area contributed by atoms with Gasteiger partial charge in [-0.05, 0) is 30.2 Å². The summed E-state index contributed by atoms with van der Waals surface area (Å²) in [7, 11) is 0. The Balaban J connectivity index is 0.00000242. The van der Waals surface area contributed by atoms with Crippen LogP contribution in [0.3, 0.4) is 0 Å². The van der Waals surface area contributed by atoms with E-state index in [1.54, 1.807) is 0 Å². The topological polar surface area (TPSA) is 35.5 Å². The van der Waals surface area contributed by atoms with Gasteiger partial charge < -0.3 is 10.4 Å². The van der Waals surface area contributed by atoms with Crippen molar-refractivity contribution in [3.8, 4) is 0 Å². The van der Waals surface area contributed by atoms with E-state index in [1.165, 1.54) is 12.1 Å². The summed E-state index contributed by atoms with van der Waals surface area (Å²) in [4.78, 5) is 2.12. The molecule has 1 aliphatic rings. The van der Waals surface area contributed by atoms with E-state index in [4.69, 9.17) is 0 Å². The zero-order chi connectivity index (χ0) is 15.5. The van der Waals surface area contributed by atoms with Gasteiger partial charge in [0.25, 0.3) is 0 Å². The number of aliphatic hydroxyl groups is 1. The lowest BCUT2D eigenvalue weighted by molar-refractivity contribution is -0.137. The van der Waals surface area contributed by atoms with Crippen LogP contribution in [0.2, 0.25) is 0 Å². The van der Waals surface area contributed by atoms with Crippen molar-refractivity contribution >= 4 is 28.3 Å². The number of piperazine rings is 1. The van der Waals surface area contributed by atoms with Gasteiger partial charge in [0, 0.05) is 43.3 Å². The van der Waals surface area contributed by atoms with Crippen molar-refractivity contribution in [3.05, 3.63) is 33.8 Å². The fraction of sp³-hybridized carbons (Fsp3) is 0.571. The minimum Gasteiger partial charge on any atom is -0.396 e. The van der Waals surface area contributed by atoms with Gasteiger partial charge in [0.2, 0.25) is 0 Å². The van der Waals surface area contributed by atoms with Gasteiger partial charge >= 0.3 is 6.18 Å². The first kappa shape index (κ1) is 19.7. The highest BCUT2D eigenvalue weighted by Crippen LogP contribution is 2.36. The Kier molecular flexibility index (Phi) is 7.61. The second-order valence-corrected chi connectivity index (χ2v) is 5.90. The van der Waals surface area contributed by atoms with Crippen LogP contribution in [0.25, 0.3) is 0 Å². The molecule has 1 heterocycles. The van der Waals surface area contributed by atoms with Crippen molar-refractivity contribution in [2.75, 3.05) is 32.8 Å². The van der Waals surface area contributed by atoms with Crippen LogP contribution in [0.4, 0.5) is 13.2 Å². The van der Waals surface area contributed by atoms with E-state index < -0.39 is 11.7 Å². The van der Waals surface area contributed by atoms with Gasteiger partial charge in [0.05, 0.1) is 5.56 Å². The van der Waals surface area contributed by atoms with Crippen LogP contribution < -0.4 is 5.32 Å². The molecule has 0 saturated carbocycles. The summed E-state index contributed by atoms with van der Waals surface area (Å²) in [5, 5.41) is 12.5. The van der Waals surface area contributed by atoms with Crippen molar-refractivity contribution in [2.24, 2.45) is 0 Å². The first-order valence-corrected chi connectivity index (χ1v) is 7.65. The summed E-state index contributed by atoms with van der Waals surface area (Å²) in [6.45, 7) is 3.06. The van der Waals surface area contributed by atoms with E-state index >= 15 is 0 Å². The highest BCUT2D eigenvalue weighted by atomic mass is 79.9. The SMILES string of the molecule is Cl.OCC[C@H](c1cc(C(F)(F)F)ccc1Br)N1CCNCC1. The van der Waals surface area contributed by atoms with Crippen LogP contribution in [0.5, 0.6) is 0 Å². The maximum atomic E-state index is 12.9. The molecule has 0 aliphatic carbocycles. The van der Waals surface area contributed by atoms with Crippen molar-refractivity contribution in [1.82, 2.24) is 10.2 Å². The van der Waals surface area contributed by atoms with Crippen molar-refractivity contribution < 1.29 is 18.3 Å². The number of hydrogen-bond acceptors (Lipinski definition) is 3. The normalized spacial score (nSPS) is 17.9. The minimum atomic E-state index is -4.36. The van der Waals surface area contributed by atoms with Gasteiger partial charge in [-0.25, -0.2) is 0 Å². The highest BCUT2D eigenvalue weighted by Gasteiger charge is 2.32. The van der Waals surface area contributed by atoms with Gasteiger partial charge in [0.15, 0.2) is 0 Å². The Morgan fingerprint density at radius 2 is 1.91 bits per heavy atom. The predicted molar refractivity (Wildman–Crippen MR) is 85.3 cm³/mol. The van der Waals surface area contributed by atoms with Crippen LogP contribution in [-0.2, 0) is 6.18 Å². The zero-order valence-electron chi connectivity index (χ0n) is 11.9. The van der Waals surface area contributed by atoms with Crippen molar-refractivity contribution in [2.45, 2.75) is 18.6 Å². The van der Waals surface area contributed by atoms with Crippen LogP contribution in [-0.4, -0.2) is 42.8 Å². The summed E-state index contributed by atoms with van der Waals surface area (Å²) in [5.41, 5.74) is -0.0699. The fourth-order valence-corrected chi connectivity index (χ4v) is 3.14. The predicted octanol–water partition coefficient (Wildman–Crippen LogP) is 3.22. The number of rotatable bonds is 4. The molecule has 0 spiro atoms. The summed E-state index contributed by atoms with van der Waals surface area (Å²) in [6, 6.07) is 3.48. The van der Waals surface area contributed by atoms with Crippen LogP contribution in [0.1, 0.15) is 23.6 Å². The molecule has 2 N–H and O–H groups in total. The monoisotopic (exact) mass is 402 g/mol. The van der Waals surface area contributed by atoms with Gasteiger partial charge in [0.1, 0.15) is 0 Å². The maximum absolute atomic E-state index is 12.9. The Labute approximate surface area is 142 Å². The minimum absolute atomic E-state index is 0. The molecular formula is C14H19BrClF3N2O. The van der Waals surface area contributed by atoms with E-state index in [1.807, 2.05) is 0 Å². The van der Waals surface area contributed by atoms with Gasteiger partial charge in [-0.15, -0.1) is 12.4 Å². The number of aliphatic hydroxyl groups excluding tert-OH is 1. The first-order valence-electron chi connectivity index (χ1n) is 6.85.